The van der Waals surface area contributed by atoms with Gasteiger partial charge in [-0.25, -0.2) is 4.98 Å². The van der Waals surface area contributed by atoms with Crippen LogP contribution in [0.3, 0.4) is 0 Å². The number of hydrogen-bond donors (Lipinski definition) is 0. The first-order valence-electron chi connectivity index (χ1n) is 5.65. The van der Waals surface area contributed by atoms with Crippen LogP contribution >= 0.6 is 0 Å². The lowest BCUT2D eigenvalue weighted by Gasteiger charge is -2.21. The average Bonchev–Trinajstić information content (AvgIpc) is 3.09. The van der Waals surface area contributed by atoms with Crippen LogP contribution in [0.1, 0.15) is 36.5 Å². The Labute approximate surface area is 94.3 Å². The zero-order chi connectivity index (χ0) is 11.5. The third-order valence-corrected chi connectivity index (χ3v) is 2.70. The number of amides is 1. The van der Waals surface area contributed by atoms with Gasteiger partial charge in [0.15, 0.2) is 0 Å². The summed E-state index contributed by atoms with van der Waals surface area (Å²) in [5.41, 5.74) is 0.0860. The Balaban J connectivity index is 2.19. The molecule has 0 unspecified atom stereocenters. The van der Waals surface area contributed by atoms with Crippen molar-refractivity contribution in [3.8, 4) is 0 Å². The highest BCUT2D eigenvalue weighted by atomic mass is 19.1. The molecule has 0 spiro atoms. The molecule has 1 aliphatic rings. The molecule has 1 aliphatic carbocycles. The van der Waals surface area contributed by atoms with Crippen LogP contribution in [0.15, 0.2) is 18.3 Å². The maximum atomic E-state index is 13.4. The second kappa shape index (κ2) is 4.60. The third kappa shape index (κ3) is 2.21. The second-order valence-corrected chi connectivity index (χ2v) is 4.07. The second-order valence-electron chi connectivity index (χ2n) is 4.07. The van der Waals surface area contributed by atoms with E-state index in [0.29, 0.717) is 12.6 Å². The molecule has 1 saturated carbocycles. The quantitative estimate of drug-likeness (QED) is 0.732. The van der Waals surface area contributed by atoms with Crippen molar-refractivity contribution in [1.29, 1.82) is 0 Å². The molecule has 1 amide bonds. The summed E-state index contributed by atoms with van der Waals surface area (Å²) < 4.78 is 13.4. The molecule has 0 atom stereocenters. The highest BCUT2D eigenvalue weighted by Gasteiger charge is 2.33. The first-order valence-corrected chi connectivity index (χ1v) is 5.65. The lowest BCUT2D eigenvalue weighted by molar-refractivity contribution is 0.0737. The minimum absolute atomic E-state index is 0.0860. The van der Waals surface area contributed by atoms with E-state index in [1.807, 2.05) is 6.92 Å². The van der Waals surface area contributed by atoms with Gasteiger partial charge in [-0.2, -0.15) is 4.39 Å². The van der Waals surface area contributed by atoms with Gasteiger partial charge in [0.05, 0.1) is 5.56 Å². The number of aromatic nitrogens is 1. The number of carbonyl (C=O) groups is 1. The van der Waals surface area contributed by atoms with E-state index in [-0.39, 0.29) is 11.5 Å². The molecule has 1 aromatic rings. The summed E-state index contributed by atoms with van der Waals surface area (Å²) in [5.74, 6) is -0.899. The molecule has 4 heteroatoms. The van der Waals surface area contributed by atoms with E-state index in [4.69, 9.17) is 0 Å². The van der Waals surface area contributed by atoms with Gasteiger partial charge in [0.1, 0.15) is 0 Å². The molecule has 86 valence electrons. The van der Waals surface area contributed by atoms with E-state index in [1.165, 1.54) is 12.3 Å². The summed E-state index contributed by atoms with van der Waals surface area (Å²) in [7, 11) is 0. The summed E-state index contributed by atoms with van der Waals surface area (Å²) in [4.78, 5) is 17.4. The van der Waals surface area contributed by atoms with Crippen LogP contribution in [0.5, 0.6) is 0 Å². The van der Waals surface area contributed by atoms with Gasteiger partial charge in [-0.15, -0.1) is 0 Å². The van der Waals surface area contributed by atoms with E-state index in [0.717, 1.165) is 19.3 Å². The molecule has 2 rings (SSSR count). The normalized spacial score (nSPS) is 14.9. The number of hydrogen-bond acceptors (Lipinski definition) is 2. The van der Waals surface area contributed by atoms with Crippen molar-refractivity contribution >= 4 is 5.91 Å². The average molecular weight is 222 g/mol. The van der Waals surface area contributed by atoms with Crippen molar-refractivity contribution in [2.45, 2.75) is 32.2 Å². The monoisotopic (exact) mass is 222 g/mol. The fraction of sp³-hybridized carbons (Fsp3) is 0.500. The van der Waals surface area contributed by atoms with Gasteiger partial charge in [-0.1, -0.05) is 6.92 Å². The first-order chi connectivity index (χ1) is 7.74. The van der Waals surface area contributed by atoms with E-state index in [1.54, 1.807) is 11.0 Å². The number of halogens is 1. The lowest BCUT2D eigenvalue weighted by Crippen LogP contribution is -2.34. The molecular formula is C12H15FN2O. The molecule has 0 N–H and O–H groups in total. The number of rotatable bonds is 4. The van der Waals surface area contributed by atoms with Gasteiger partial charge in [-0.05, 0) is 31.4 Å². The largest absolute Gasteiger partial charge is 0.336 e. The van der Waals surface area contributed by atoms with Gasteiger partial charge in [-0.3, -0.25) is 4.79 Å². The minimum Gasteiger partial charge on any atom is -0.336 e. The van der Waals surface area contributed by atoms with E-state index >= 15 is 0 Å². The smallest absolute Gasteiger partial charge is 0.258 e. The number of nitrogens with zero attached hydrogens (tertiary/aromatic N) is 2. The van der Waals surface area contributed by atoms with Gasteiger partial charge < -0.3 is 4.90 Å². The molecule has 1 aromatic heterocycles. The van der Waals surface area contributed by atoms with E-state index in [9.17, 15) is 9.18 Å². The zero-order valence-corrected chi connectivity index (χ0v) is 9.32. The van der Waals surface area contributed by atoms with Crippen LogP contribution in [0.25, 0.3) is 0 Å². The number of pyridine rings is 1. The summed E-state index contributed by atoms with van der Waals surface area (Å²) in [6.07, 6.45) is 4.32. The maximum absolute atomic E-state index is 13.4. The van der Waals surface area contributed by atoms with Gasteiger partial charge in [0.2, 0.25) is 5.95 Å². The fourth-order valence-corrected chi connectivity index (χ4v) is 1.78. The summed E-state index contributed by atoms with van der Waals surface area (Å²) in [5, 5.41) is 0. The van der Waals surface area contributed by atoms with Gasteiger partial charge in [0, 0.05) is 18.8 Å². The fourth-order valence-electron chi connectivity index (χ4n) is 1.78. The molecule has 0 bridgehead atoms. The highest BCUT2D eigenvalue weighted by Crippen LogP contribution is 2.28. The lowest BCUT2D eigenvalue weighted by atomic mass is 10.2. The molecule has 0 aliphatic heterocycles. The van der Waals surface area contributed by atoms with Crippen LogP contribution in [0.4, 0.5) is 4.39 Å². The molecule has 1 fully saturated rings. The van der Waals surface area contributed by atoms with Crippen molar-refractivity contribution in [2.75, 3.05) is 6.54 Å². The Hall–Kier alpha value is -1.45. The zero-order valence-electron chi connectivity index (χ0n) is 9.32. The Morgan fingerprint density at radius 3 is 2.94 bits per heavy atom. The van der Waals surface area contributed by atoms with Crippen molar-refractivity contribution < 1.29 is 9.18 Å². The Bertz CT molecular complexity index is 390. The molecule has 0 radical (unpaired) electrons. The summed E-state index contributed by atoms with van der Waals surface area (Å²) >= 11 is 0. The van der Waals surface area contributed by atoms with Crippen LogP contribution in [-0.2, 0) is 0 Å². The number of carbonyl (C=O) groups excluding carboxylic acids is 1. The molecule has 0 aromatic carbocycles. The Morgan fingerprint density at radius 2 is 2.38 bits per heavy atom. The van der Waals surface area contributed by atoms with Crippen molar-refractivity contribution in [3.05, 3.63) is 29.8 Å². The third-order valence-electron chi connectivity index (χ3n) is 2.70. The predicted molar refractivity (Wildman–Crippen MR) is 58.5 cm³/mol. The minimum atomic E-state index is -0.672. The molecular weight excluding hydrogens is 207 g/mol. The van der Waals surface area contributed by atoms with Gasteiger partial charge in [0.25, 0.3) is 5.91 Å². The molecule has 16 heavy (non-hydrogen) atoms. The van der Waals surface area contributed by atoms with Crippen molar-refractivity contribution in [3.63, 3.8) is 0 Å². The first kappa shape index (κ1) is 11.0. The van der Waals surface area contributed by atoms with Crippen LogP contribution in [-0.4, -0.2) is 28.4 Å². The van der Waals surface area contributed by atoms with E-state index in [2.05, 4.69) is 4.98 Å². The van der Waals surface area contributed by atoms with Crippen molar-refractivity contribution in [1.82, 2.24) is 9.88 Å². The molecule has 0 saturated heterocycles. The van der Waals surface area contributed by atoms with Crippen LogP contribution in [0.2, 0.25) is 0 Å². The Kier molecular flexibility index (Phi) is 3.17. The predicted octanol–water partition coefficient (Wildman–Crippen LogP) is 2.24. The standard InChI is InChI=1S/C12H15FN2O/c1-2-8-15(9-5-6-9)12(16)10-4-3-7-14-11(10)13/h3-4,7,9H,2,5-6,8H2,1H3. The van der Waals surface area contributed by atoms with Crippen LogP contribution < -0.4 is 0 Å². The SMILES string of the molecule is CCCN(C(=O)c1cccnc1F)C1CC1. The topological polar surface area (TPSA) is 33.2 Å². The maximum Gasteiger partial charge on any atom is 0.258 e. The Morgan fingerprint density at radius 1 is 1.62 bits per heavy atom. The molecule has 1 heterocycles. The highest BCUT2D eigenvalue weighted by molar-refractivity contribution is 5.94. The van der Waals surface area contributed by atoms with Gasteiger partial charge >= 0.3 is 0 Å². The van der Waals surface area contributed by atoms with E-state index < -0.39 is 5.95 Å². The molecule has 3 nitrogen and oxygen atoms in total. The summed E-state index contributed by atoms with van der Waals surface area (Å²) in [6.45, 7) is 2.71. The van der Waals surface area contributed by atoms with Crippen LogP contribution in [0, 0.1) is 5.95 Å². The van der Waals surface area contributed by atoms with Crippen molar-refractivity contribution in [2.24, 2.45) is 0 Å². The summed E-state index contributed by atoms with van der Waals surface area (Å²) in [6, 6.07) is 3.40.